The minimum Gasteiger partial charge on any atom is -0.477 e. The summed E-state index contributed by atoms with van der Waals surface area (Å²) < 4.78 is 16.6. The minimum absolute atomic E-state index is 0.0176. The third-order valence-corrected chi connectivity index (χ3v) is 5.56. The zero-order chi connectivity index (χ0) is 19.7. The summed E-state index contributed by atoms with van der Waals surface area (Å²) in [6.07, 6.45) is 1.21. The van der Waals surface area contributed by atoms with Crippen LogP contribution in [0.25, 0.3) is 10.9 Å². The van der Waals surface area contributed by atoms with Crippen LogP contribution in [0.3, 0.4) is 0 Å². The molecule has 0 unspecified atom stereocenters. The van der Waals surface area contributed by atoms with E-state index in [2.05, 4.69) is 0 Å². The van der Waals surface area contributed by atoms with E-state index in [0.29, 0.717) is 29.9 Å². The Labute approximate surface area is 154 Å². The molecular weight excluding hydrogens is 355 g/mol. The molecule has 9 heteroatoms. The molecule has 2 aliphatic rings. The highest BCUT2D eigenvalue weighted by Gasteiger charge is 2.39. The maximum Gasteiger partial charge on any atom is 0.341 e. The summed E-state index contributed by atoms with van der Waals surface area (Å²) in [5.41, 5.74) is 6.19. The number of benzene rings is 1. The molecule has 1 saturated heterocycles. The molecule has 0 saturated carbocycles. The number of aromatic carboxylic acids is 1. The molecule has 1 fully saturated rings. The van der Waals surface area contributed by atoms with Crippen LogP contribution in [0.2, 0.25) is 0 Å². The number of hydrogen-bond acceptors (Lipinski definition) is 6. The zero-order valence-corrected chi connectivity index (χ0v) is 15.3. The summed E-state index contributed by atoms with van der Waals surface area (Å²) in [6, 6.07) is 0.999. The number of anilines is 1. The van der Waals surface area contributed by atoms with Crippen molar-refractivity contribution in [2.24, 2.45) is 11.1 Å². The van der Waals surface area contributed by atoms with Gasteiger partial charge in [-0.15, -0.1) is 0 Å². The van der Waals surface area contributed by atoms with Gasteiger partial charge in [0.1, 0.15) is 18.0 Å². The first-order valence-electron chi connectivity index (χ1n) is 8.63. The Balaban J connectivity index is 2.03. The SMILES string of the molecule is CN1OCc2c(N3C[C@@H](N)C(C)(C)C3)c(F)cc3c(=O)c(C(=O)O)cn1c23. The van der Waals surface area contributed by atoms with Gasteiger partial charge in [0.15, 0.2) is 0 Å². The quantitative estimate of drug-likeness (QED) is 0.807. The molecule has 1 atom stereocenters. The number of carbonyl (C=O) groups is 1. The van der Waals surface area contributed by atoms with Crippen molar-refractivity contribution in [1.29, 1.82) is 0 Å². The Morgan fingerprint density at radius 2 is 2.15 bits per heavy atom. The fourth-order valence-corrected chi connectivity index (χ4v) is 3.91. The fourth-order valence-electron chi connectivity index (χ4n) is 3.91. The van der Waals surface area contributed by atoms with Crippen LogP contribution in [0.5, 0.6) is 0 Å². The van der Waals surface area contributed by atoms with Crippen LogP contribution in [-0.4, -0.2) is 41.9 Å². The molecule has 0 spiro atoms. The van der Waals surface area contributed by atoms with Crippen molar-refractivity contribution in [3.8, 4) is 0 Å². The first-order valence-corrected chi connectivity index (χ1v) is 8.63. The Bertz CT molecular complexity index is 1030. The van der Waals surface area contributed by atoms with Crippen molar-refractivity contribution in [1.82, 2.24) is 4.68 Å². The second-order valence-electron chi connectivity index (χ2n) is 7.82. The van der Waals surface area contributed by atoms with Gasteiger partial charge in [-0.1, -0.05) is 13.8 Å². The number of hydrogen-bond donors (Lipinski definition) is 2. The molecule has 2 aromatic rings. The number of nitrogens with two attached hydrogens (primary N) is 1. The second-order valence-corrected chi connectivity index (χ2v) is 7.82. The predicted molar refractivity (Wildman–Crippen MR) is 98.0 cm³/mol. The van der Waals surface area contributed by atoms with Gasteiger partial charge < -0.3 is 15.7 Å². The molecule has 0 aliphatic carbocycles. The van der Waals surface area contributed by atoms with Crippen LogP contribution >= 0.6 is 0 Å². The largest absolute Gasteiger partial charge is 0.477 e. The van der Waals surface area contributed by atoms with Crippen LogP contribution in [0.1, 0.15) is 29.8 Å². The van der Waals surface area contributed by atoms with Crippen molar-refractivity contribution in [2.75, 3.05) is 30.2 Å². The van der Waals surface area contributed by atoms with Gasteiger partial charge in [0, 0.05) is 30.9 Å². The normalized spacial score (nSPS) is 21.1. The first kappa shape index (κ1) is 17.7. The monoisotopic (exact) mass is 376 g/mol. The van der Waals surface area contributed by atoms with Crippen molar-refractivity contribution < 1.29 is 19.1 Å². The first-order chi connectivity index (χ1) is 12.6. The van der Waals surface area contributed by atoms with E-state index in [-0.39, 0.29) is 23.4 Å². The fraction of sp³-hybridized carbons (Fsp3) is 0.444. The lowest BCUT2D eigenvalue weighted by molar-refractivity contribution is 0.0503. The lowest BCUT2D eigenvalue weighted by atomic mass is 9.89. The lowest BCUT2D eigenvalue weighted by Crippen LogP contribution is -2.38. The molecule has 0 amide bonds. The van der Waals surface area contributed by atoms with E-state index in [9.17, 15) is 14.7 Å². The van der Waals surface area contributed by atoms with Crippen LogP contribution in [0.15, 0.2) is 17.1 Å². The summed E-state index contributed by atoms with van der Waals surface area (Å²) in [6.45, 7) is 5.17. The number of halogens is 1. The van der Waals surface area contributed by atoms with Gasteiger partial charge in [0.25, 0.3) is 0 Å². The third kappa shape index (κ3) is 2.49. The molecule has 3 N–H and O–H groups in total. The number of pyridine rings is 1. The maximum absolute atomic E-state index is 15.1. The Morgan fingerprint density at radius 1 is 1.44 bits per heavy atom. The van der Waals surface area contributed by atoms with E-state index < -0.39 is 22.8 Å². The van der Waals surface area contributed by atoms with Crippen LogP contribution in [0.4, 0.5) is 10.1 Å². The smallest absolute Gasteiger partial charge is 0.341 e. The zero-order valence-electron chi connectivity index (χ0n) is 15.3. The van der Waals surface area contributed by atoms with Gasteiger partial charge in [-0.05, 0) is 11.5 Å². The molecule has 1 aromatic carbocycles. The highest BCUT2D eigenvalue weighted by molar-refractivity contribution is 5.95. The highest BCUT2D eigenvalue weighted by atomic mass is 19.1. The summed E-state index contributed by atoms with van der Waals surface area (Å²) in [5.74, 6) is -1.95. The Hall–Kier alpha value is -2.65. The summed E-state index contributed by atoms with van der Waals surface area (Å²) in [7, 11) is 1.59. The standard InChI is InChI=1S/C18H21FN4O4/c1-18(2)8-22(6-13(18)20)15-11-7-27-21(3)23-5-10(17(25)26)16(24)9(14(11)23)4-12(15)19/h4-5,13H,6-8,20H2,1-3H3,(H,25,26)/t13-/m1/s1. The Kier molecular flexibility index (Phi) is 3.73. The molecular formula is C18H21FN4O4. The summed E-state index contributed by atoms with van der Waals surface area (Å²) in [4.78, 5) is 31.5. The number of carboxylic acid groups (broad SMARTS) is 1. The van der Waals surface area contributed by atoms with Crippen LogP contribution < -0.4 is 21.2 Å². The van der Waals surface area contributed by atoms with Crippen LogP contribution in [0, 0.1) is 11.2 Å². The van der Waals surface area contributed by atoms with Gasteiger partial charge in [-0.3, -0.25) is 9.63 Å². The summed E-state index contributed by atoms with van der Waals surface area (Å²) in [5, 5.41) is 10.7. The Morgan fingerprint density at radius 3 is 2.74 bits per heavy atom. The molecule has 27 heavy (non-hydrogen) atoms. The van der Waals surface area contributed by atoms with Crippen molar-refractivity contribution in [2.45, 2.75) is 26.5 Å². The van der Waals surface area contributed by atoms with E-state index >= 15 is 4.39 Å². The minimum atomic E-state index is -1.37. The average Bonchev–Trinajstić information content (AvgIpc) is 2.84. The van der Waals surface area contributed by atoms with Gasteiger partial charge in [0.2, 0.25) is 5.43 Å². The molecule has 1 aromatic heterocycles. The second kappa shape index (κ2) is 5.67. The molecule has 144 valence electrons. The molecule has 3 heterocycles. The van der Waals surface area contributed by atoms with Gasteiger partial charge in [-0.2, -0.15) is 5.17 Å². The summed E-state index contributed by atoms with van der Waals surface area (Å²) >= 11 is 0. The predicted octanol–water partition coefficient (Wildman–Crippen LogP) is 1.03. The van der Waals surface area contributed by atoms with Crippen LogP contribution in [-0.2, 0) is 11.4 Å². The topological polar surface area (TPSA) is 101 Å². The maximum atomic E-state index is 15.1. The molecule has 0 radical (unpaired) electrons. The number of nitrogens with zero attached hydrogens (tertiary/aromatic N) is 3. The van der Waals surface area contributed by atoms with Gasteiger partial charge >= 0.3 is 5.97 Å². The van der Waals surface area contributed by atoms with E-state index in [4.69, 9.17) is 10.6 Å². The van der Waals surface area contributed by atoms with Crippen molar-refractivity contribution >= 4 is 22.6 Å². The number of aromatic nitrogens is 1. The van der Waals surface area contributed by atoms with Gasteiger partial charge in [0.05, 0.1) is 23.6 Å². The van der Waals surface area contributed by atoms with Crippen molar-refractivity contribution in [3.05, 3.63) is 39.4 Å². The van der Waals surface area contributed by atoms with Gasteiger partial charge in [-0.25, -0.2) is 13.9 Å². The highest BCUT2D eigenvalue weighted by Crippen LogP contribution is 2.39. The molecule has 0 bridgehead atoms. The van der Waals surface area contributed by atoms with Crippen molar-refractivity contribution in [3.63, 3.8) is 0 Å². The van der Waals surface area contributed by atoms with E-state index in [1.807, 2.05) is 18.7 Å². The average molecular weight is 376 g/mol. The number of carboxylic acids is 1. The van der Waals surface area contributed by atoms with E-state index in [0.717, 1.165) is 6.07 Å². The molecule has 4 rings (SSSR count). The molecule has 2 aliphatic heterocycles. The number of hydroxylamine groups is 1. The number of rotatable bonds is 2. The lowest BCUT2D eigenvalue weighted by Gasteiger charge is -2.33. The molecule has 8 nitrogen and oxygen atoms in total. The van der Waals surface area contributed by atoms with E-state index in [1.54, 1.807) is 7.05 Å². The van der Waals surface area contributed by atoms with E-state index in [1.165, 1.54) is 16.0 Å². The third-order valence-electron chi connectivity index (χ3n) is 5.56.